The summed E-state index contributed by atoms with van der Waals surface area (Å²) in [6.07, 6.45) is 1.91. The summed E-state index contributed by atoms with van der Waals surface area (Å²) in [7, 11) is 0. The van der Waals surface area contributed by atoms with Crippen LogP contribution in [0.15, 0.2) is 28.7 Å². The minimum Gasteiger partial charge on any atom is -0.325 e. The van der Waals surface area contributed by atoms with Gasteiger partial charge in [0.15, 0.2) is 11.0 Å². The molecule has 3 rings (SSSR count). The number of halogens is 2. The fourth-order valence-electron chi connectivity index (χ4n) is 3.03. The Hall–Kier alpha value is -1.54. The second kappa shape index (κ2) is 9.98. The molecule has 0 radical (unpaired) electrons. The highest BCUT2D eigenvalue weighted by atomic mass is 35.5. The minimum atomic E-state index is -0.137. The van der Waals surface area contributed by atoms with Crippen LogP contribution in [0.1, 0.15) is 30.7 Å². The predicted octanol–water partition coefficient (Wildman–Crippen LogP) is 6.33. The van der Waals surface area contributed by atoms with Crippen molar-refractivity contribution in [2.45, 2.75) is 45.3 Å². The topological polar surface area (TPSA) is 59.8 Å². The van der Waals surface area contributed by atoms with Crippen LogP contribution < -0.4 is 5.32 Å². The number of nitrogens with zero attached hydrogens (tertiary/aromatic N) is 3. The van der Waals surface area contributed by atoms with Crippen LogP contribution in [-0.2, 0) is 17.8 Å². The maximum Gasteiger partial charge on any atom is 0.234 e. The number of amides is 1. The van der Waals surface area contributed by atoms with Crippen molar-refractivity contribution < 1.29 is 4.79 Å². The molecule has 0 aliphatic carbocycles. The first-order valence-electron chi connectivity index (χ1n) is 9.32. The summed E-state index contributed by atoms with van der Waals surface area (Å²) in [6.45, 7) is 7.21. The molecule has 3 aromatic rings. The summed E-state index contributed by atoms with van der Waals surface area (Å²) >= 11 is 15.0. The number of aromatic nitrogens is 3. The molecule has 2 heterocycles. The molecule has 0 atom stereocenters. The Kier molecular flexibility index (Phi) is 7.62. The lowest BCUT2D eigenvalue weighted by Gasteiger charge is -2.10. The molecule has 9 heteroatoms. The number of anilines is 1. The number of thiophene rings is 1. The molecule has 1 aromatic carbocycles. The molecule has 5 nitrogen and oxygen atoms in total. The largest absolute Gasteiger partial charge is 0.325 e. The molecule has 0 fully saturated rings. The second-order valence-corrected chi connectivity index (χ2v) is 9.30. The lowest BCUT2D eigenvalue weighted by atomic mass is 10.1. The van der Waals surface area contributed by atoms with Crippen molar-refractivity contribution in [3.8, 4) is 11.4 Å². The summed E-state index contributed by atoms with van der Waals surface area (Å²) in [4.78, 5) is 13.7. The fraction of sp³-hybridized carbons (Fsp3) is 0.350. The Morgan fingerprint density at radius 1 is 1.24 bits per heavy atom. The van der Waals surface area contributed by atoms with Crippen molar-refractivity contribution in [3.63, 3.8) is 0 Å². The van der Waals surface area contributed by atoms with Crippen LogP contribution >= 0.6 is 46.3 Å². The number of carbonyl (C=O) groups excluding carboxylic acids is 1. The Labute approximate surface area is 188 Å². The Balaban J connectivity index is 1.74. The van der Waals surface area contributed by atoms with E-state index in [2.05, 4.69) is 46.2 Å². The van der Waals surface area contributed by atoms with Crippen molar-refractivity contribution >= 4 is 57.9 Å². The lowest BCUT2D eigenvalue weighted by molar-refractivity contribution is -0.113. The van der Waals surface area contributed by atoms with Crippen LogP contribution in [0.4, 0.5) is 5.69 Å². The average Bonchev–Trinajstić information content (AvgIpc) is 3.26. The molecule has 0 saturated carbocycles. The molecule has 0 unspecified atom stereocenters. The summed E-state index contributed by atoms with van der Waals surface area (Å²) in [5.41, 5.74) is 3.07. The molecular weight excluding hydrogens is 447 g/mol. The number of nitrogens with one attached hydrogen (secondary N) is 1. The van der Waals surface area contributed by atoms with E-state index in [4.69, 9.17) is 23.2 Å². The molecule has 154 valence electrons. The van der Waals surface area contributed by atoms with Crippen LogP contribution in [0.3, 0.4) is 0 Å². The summed E-state index contributed by atoms with van der Waals surface area (Å²) in [5, 5.41) is 15.4. The first-order valence-corrected chi connectivity index (χ1v) is 11.9. The van der Waals surface area contributed by atoms with Gasteiger partial charge in [0.1, 0.15) is 0 Å². The van der Waals surface area contributed by atoms with Gasteiger partial charge in [-0.05, 0) is 43.5 Å². The molecule has 0 spiro atoms. The van der Waals surface area contributed by atoms with E-state index in [9.17, 15) is 4.79 Å². The highest BCUT2D eigenvalue weighted by Crippen LogP contribution is 2.33. The smallest absolute Gasteiger partial charge is 0.234 e. The summed E-state index contributed by atoms with van der Waals surface area (Å²) in [6, 6.07) is 5.01. The quantitative estimate of drug-likeness (QED) is 0.392. The van der Waals surface area contributed by atoms with Gasteiger partial charge in [0.2, 0.25) is 5.91 Å². The number of aryl methyl sites for hydroxylation is 1. The van der Waals surface area contributed by atoms with E-state index in [0.29, 0.717) is 15.7 Å². The maximum atomic E-state index is 12.4. The number of hydrogen-bond donors (Lipinski definition) is 1. The third kappa shape index (κ3) is 5.15. The highest BCUT2D eigenvalue weighted by Gasteiger charge is 2.19. The highest BCUT2D eigenvalue weighted by molar-refractivity contribution is 7.99. The van der Waals surface area contributed by atoms with Crippen molar-refractivity contribution in [1.29, 1.82) is 0 Å². The van der Waals surface area contributed by atoms with Gasteiger partial charge in [-0.25, -0.2) is 0 Å². The van der Waals surface area contributed by atoms with E-state index in [0.717, 1.165) is 35.9 Å². The normalized spacial score (nSPS) is 11.1. The number of hydrogen-bond acceptors (Lipinski definition) is 5. The number of carbonyl (C=O) groups is 1. The van der Waals surface area contributed by atoms with Gasteiger partial charge < -0.3 is 9.88 Å². The van der Waals surface area contributed by atoms with E-state index in [1.807, 2.05) is 0 Å². The predicted molar refractivity (Wildman–Crippen MR) is 124 cm³/mol. The van der Waals surface area contributed by atoms with Crippen molar-refractivity contribution in [1.82, 2.24) is 14.8 Å². The standard InChI is InChI=1S/C20H22Cl2N4OS2/c1-4-8-26-19(15-10-28-12(3)14(15)5-2)24-25-20(26)29-11-18(27)23-13-6-7-16(21)17(22)9-13/h6-7,9-10H,4-5,8,11H2,1-3H3,(H,23,27). The van der Waals surface area contributed by atoms with Gasteiger partial charge in [0.25, 0.3) is 0 Å². The van der Waals surface area contributed by atoms with Gasteiger partial charge in [0, 0.05) is 28.1 Å². The third-order valence-electron chi connectivity index (χ3n) is 4.40. The van der Waals surface area contributed by atoms with Gasteiger partial charge in [-0.1, -0.05) is 48.8 Å². The Morgan fingerprint density at radius 3 is 2.72 bits per heavy atom. The monoisotopic (exact) mass is 468 g/mol. The first kappa shape index (κ1) is 22.2. The van der Waals surface area contributed by atoms with Crippen molar-refractivity contribution in [3.05, 3.63) is 44.1 Å². The first-order chi connectivity index (χ1) is 13.9. The van der Waals surface area contributed by atoms with E-state index in [1.54, 1.807) is 29.5 Å². The molecule has 2 aromatic heterocycles. The van der Waals surface area contributed by atoms with E-state index in [1.165, 1.54) is 22.2 Å². The van der Waals surface area contributed by atoms with Gasteiger partial charge in [-0.15, -0.1) is 21.5 Å². The SMILES string of the molecule is CCCn1c(SCC(=O)Nc2ccc(Cl)c(Cl)c2)nnc1-c1csc(C)c1CC. The van der Waals surface area contributed by atoms with E-state index >= 15 is 0 Å². The zero-order valence-corrected chi connectivity index (χ0v) is 19.6. The van der Waals surface area contributed by atoms with E-state index in [-0.39, 0.29) is 11.7 Å². The molecule has 0 saturated heterocycles. The molecule has 0 aliphatic heterocycles. The zero-order chi connectivity index (χ0) is 21.0. The number of benzene rings is 1. The number of thioether (sulfide) groups is 1. The van der Waals surface area contributed by atoms with Gasteiger partial charge >= 0.3 is 0 Å². The second-order valence-electron chi connectivity index (χ2n) is 6.46. The molecular formula is C20H22Cl2N4OS2. The van der Waals surface area contributed by atoms with Crippen LogP contribution in [0.25, 0.3) is 11.4 Å². The number of rotatable bonds is 8. The Morgan fingerprint density at radius 2 is 2.03 bits per heavy atom. The Bertz CT molecular complexity index is 1020. The zero-order valence-electron chi connectivity index (χ0n) is 16.5. The lowest BCUT2D eigenvalue weighted by Crippen LogP contribution is -2.14. The van der Waals surface area contributed by atoms with Crippen LogP contribution in [-0.4, -0.2) is 26.4 Å². The van der Waals surface area contributed by atoms with Crippen molar-refractivity contribution in [2.24, 2.45) is 0 Å². The van der Waals surface area contributed by atoms with Crippen LogP contribution in [0.5, 0.6) is 0 Å². The van der Waals surface area contributed by atoms with Gasteiger partial charge in [-0.3, -0.25) is 4.79 Å². The van der Waals surface area contributed by atoms with Gasteiger partial charge in [-0.2, -0.15) is 0 Å². The average molecular weight is 469 g/mol. The summed E-state index contributed by atoms with van der Waals surface area (Å²) < 4.78 is 2.11. The maximum absolute atomic E-state index is 12.4. The van der Waals surface area contributed by atoms with Crippen molar-refractivity contribution in [2.75, 3.05) is 11.1 Å². The van der Waals surface area contributed by atoms with Crippen LogP contribution in [0, 0.1) is 6.92 Å². The van der Waals surface area contributed by atoms with E-state index < -0.39 is 0 Å². The minimum absolute atomic E-state index is 0.137. The molecule has 0 bridgehead atoms. The molecule has 1 N–H and O–H groups in total. The fourth-order valence-corrected chi connectivity index (χ4v) is 5.03. The molecule has 0 aliphatic rings. The molecule has 1 amide bonds. The van der Waals surface area contributed by atoms with Gasteiger partial charge in [0.05, 0.1) is 15.8 Å². The summed E-state index contributed by atoms with van der Waals surface area (Å²) in [5.74, 6) is 0.966. The molecule has 29 heavy (non-hydrogen) atoms. The third-order valence-corrected chi connectivity index (χ3v) is 7.06. The van der Waals surface area contributed by atoms with Crippen LogP contribution in [0.2, 0.25) is 10.0 Å².